The number of aliphatic carboxylic acids is 1. The van der Waals surface area contributed by atoms with Gasteiger partial charge in [-0.25, -0.2) is 4.98 Å². The van der Waals surface area contributed by atoms with Crippen LogP contribution in [0.1, 0.15) is 0 Å². The first-order chi connectivity index (χ1) is 10.0. The van der Waals surface area contributed by atoms with Gasteiger partial charge in [-0.05, 0) is 12.1 Å². The van der Waals surface area contributed by atoms with Crippen LogP contribution in [0.15, 0.2) is 34.2 Å². The number of carbonyl (C=O) groups excluding carboxylic acids is 1. The standard InChI is InChI=1S/C13H12N2O5S/c1-20-11(18)6-15-12(19)8-4-2-3-5-9(8)14-13(15)21-7-10(16)17/h2-5H,6-7H2,1H3,(H,16,17). The van der Waals surface area contributed by atoms with Crippen molar-refractivity contribution in [2.45, 2.75) is 11.7 Å². The molecular weight excluding hydrogens is 296 g/mol. The number of aromatic nitrogens is 2. The molecule has 0 aliphatic heterocycles. The largest absolute Gasteiger partial charge is 0.481 e. The molecule has 2 aromatic rings. The van der Waals surface area contributed by atoms with Gasteiger partial charge in [-0.15, -0.1) is 0 Å². The quantitative estimate of drug-likeness (QED) is 0.494. The fourth-order valence-electron chi connectivity index (χ4n) is 1.72. The molecule has 0 aliphatic rings. The van der Waals surface area contributed by atoms with E-state index in [9.17, 15) is 14.4 Å². The van der Waals surface area contributed by atoms with Crippen molar-refractivity contribution in [2.24, 2.45) is 0 Å². The molecular formula is C13H12N2O5S. The summed E-state index contributed by atoms with van der Waals surface area (Å²) in [5.74, 6) is -1.90. The Balaban J connectivity index is 2.56. The van der Waals surface area contributed by atoms with E-state index in [1.807, 2.05) is 0 Å². The number of esters is 1. The van der Waals surface area contributed by atoms with Gasteiger partial charge < -0.3 is 9.84 Å². The normalized spacial score (nSPS) is 10.5. The number of carbonyl (C=O) groups is 2. The molecule has 0 saturated heterocycles. The molecule has 2 rings (SSSR count). The Morgan fingerprint density at radius 1 is 1.38 bits per heavy atom. The van der Waals surface area contributed by atoms with Gasteiger partial charge in [0.1, 0.15) is 6.54 Å². The highest BCUT2D eigenvalue weighted by Crippen LogP contribution is 2.17. The molecule has 1 N–H and O–H groups in total. The third kappa shape index (κ3) is 3.40. The van der Waals surface area contributed by atoms with Gasteiger partial charge in [0.25, 0.3) is 5.56 Å². The molecule has 0 fully saturated rings. The molecule has 0 amide bonds. The van der Waals surface area contributed by atoms with E-state index in [0.717, 1.165) is 16.3 Å². The van der Waals surface area contributed by atoms with Crippen molar-refractivity contribution in [3.63, 3.8) is 0 Å². The lowest BCUT2D eigenvalue weighted by atomic mass is 10.2. The van der Waals surface area contributed by atoms with Crippen LogP contribution in [0.25, 0.3) is 10.9 Å². The number of carboxylic acid groups (broad SMARTS) is 1. The minimum absolute atomic E-state index is 0.173. The number of methoxy groups -OCH3 is 1. The van der Waals surface area contributed by atoms with Gasteiger partial charge in [-0.3, -0.25) is 19.0 Å². The second-order valence-corrected chi connectivity index (χ2v) is 5.00. The highest BCUT2D eigenvalue weighted by Gasteiger charge is 2.15. The van der Waals surface area contributed by atoms with Crippen LogP contribution in [-0.2, 0) is 20.9 Å². The van der Waals surface area contributed by atoms with Gasteiger partial charge in [-0.1, -0.05) is 23.9 Å². The van der Waals surface area contributed by atoms with Gasteiger partial charge >= 0.3 is 11.9 Å². The molecule has 0 saturated carbocycles. The van der Waals surface area contributed by atoms with E-state index in [2.05, 4.69) is 9.72 Å². The van der Waals surface area contributed by atoms with Crippen LogP contribution in [0.2, 0.25) is 0 Å². The number of hydrogen-bond donors (Lipinski definition) is 1. The monoisotopic (exact) mass is 308 g/mol. The maximum absolute atomic E-state index is 12.4. The first-order valence-corrected chi connectivity index (χ1v) is 6.92. The lowest BCUT2D eigenvalue weighted by molar-refractivity contribution is -0.141. The number of ether oxygens (including phenoxy) is 1. The molecule has 0 radical (unpaired) electrons. The van der Waals surface area contributed by atoms with E-state index in [1.165, 1.54) is 7.11 Å². The fourth-order valence-corrected chi connectivity index (χ4v) is 2.44. The van der Waals surface area contributed by atoms with Crippen LogP contribution in [0.5, 0.6) is 0 Å². The maximum Gasteiger partial charge on any atom is 0.325 e. The van der Waals surface area contributed by atoms with E-state index in [-0.39, 0.29) is 17.5 Å². The second-order valence-electron chi connectivity index (χ2n) is 4.06. The summed E-state index contributed by atoms with van der Waals surface area (Å²) in [5.41, 5.74) is 0.0513. The van der Waals surface area contributed by atoms with Crippen molar-refractivity contribution >= 4 is 34.6 Å². The number of hydrogen-bond acceptors (Lipinski definition) is 6. The smallest absolute Gasteiger partial charge is 0.325 e. The van der Waals surface area contributed by atoms with E-state index < -0.39 is 17.5 Å². The predicted molar refractivity (Wildman–Crippen MR) is 76.4 cm³/mol. The molecule has 1 heterocycles. The Morgan fingerprint density at radius 3 is 2.76 bits per heavy atom. The number of carboxylic acids is 1. The Hall–Kier alpha value is -2.35. The Morgan fingerprint density at radius 2 is 2.10 bits per heavy atom. The van der Waals surface area contributed by atoms with Crippen LogP contribution >= 0.6 is 11.8 Å². The van der Waals surface area contributed by atoms with Crippen LogP contribution < -0.4 is 5.56 Å². The zero-order chi connectivity index (χ0) is 15.4. The molecule has 1 aromatic heterocycles. The summed E-state index contributed by atoms with van der Waals surface area (Å²) in [6, 6.07) is 6.68. The molecule has 21 heavy (non-hydrogen) atoms. The highest BCUT2D eigenvalue weighted by molar-refractivity contribution is 7.99. The van der Waals surface area contributed by atoms with Crippen molar-refractivity contribution in [2.75, 3.05) is 12.9 Å². The third-order valence-corrected chi connectivity index (χ3v) is 3.63. The first kappa shape index (κ1) is 15.0. The minimum Gasteiger partial charge on any atom is -0.481 e. The molecule has 0 atom stereocenters. The maximum atomic E-state index is 12.4. The lowest BCUT2D eigenvalue weighted by Crippen LogP contribution is -2.27. The van der Waals surface area contributed by atoms with E-state index in [0.29, 0.717) is 10.9 Å². The number of benzene rings is 1. The average molecular weight is 308 g/mol. The van der Waals surface area contributed by atoms with Crippen molar-refractivity contribution < 1.29 is 19.4 Å². The molecule has 1 aromatic carbocycles. The minimum atomic E-state index is -1.04. The van der Waals surface area contributed by atoms with E-state index in [1.54, 1.807) is 24.3 Å². The average Bonchev–Trinajstić information content (AvgIpc) is 2.48. The summed E-state index contributed by atoms with van der Waals surface area (Å²) >= 11 is 0.881. The van der Waals surface area contributed by atoms with Crippen LogP contribution in [0.3, 0.4) is 0 Å². The lowest BCUT2D eigenvalue weighted by Gasteiger charge is -2.11. The summed E-state index contributed by atoms with van der Waals surface area (Å²) in [4.78, 5) is 38.8. The molecule has 0 aliphatic carbocycles. The first-order valence-electron chi connectivity index (χ1n) is 5.94. The summed E-state index contributed by atoms with van der Waals surface area (Å²) in [7, 11) is 1.21. The number of rotatable bonds is 5. The molecule has 8 heteroatoms. The Labute approximate surface area is 123 Å². The van der Waals surface area contributed by atoms with Crippen LogP contribution in [-0.4, -0.2) is 39.5 Å². The number of nitrogens with zero attached hydrogens (tertiary/aromatic N) is 2. The molecule has 0 bridgehead atoms. The summed E-state index contributed by atoms with van der Waals surface area (Å²) < 4.78 is 5.68. The van der Waals surface area contributed by atoms with Gasteiger partial charge in [0, 0.05) is 0 Å². The molecule has 0 unspecified atom stereocenters. The van der Waals surface area contributed by atoms with Gasteiger partial charge in [0.15, 0.2) is 5.16 Å². The van der Waals surface area contributed by atoms with Crippen molar-refractivity contribution in [3.05, 3.63) is 34.6 Å². The molecule has 110 valence electrons. The van der Waals surface area contributed by atoms with Crippen molar-refractivity contribution in [3.8, 4) is 0 Å². The molecule has 7 nitrogen and oxygen atoms in total. The molecule has 0 spiro atoms. The van der Waals surface area contributed by atoms with Gasteiger partial charge in [0.05, 0.1) is 23.8 Å². The Bertz CT molecular complexity index is 756. The summed E-state index contributed by atoms with van der Waals surface area (Å²) in [6.07, 6.45) is 0. The SMILES string of the molecule is COC(=O)Cn1c(SCC(=O)O)nc2ccccc2c1=O. The fraction of sp³-hybridized carbons (Fsp3) is 0.231. The van der Waals surface area contributed by atoms with Crippen molar-refractivity contribution in [1.29, 1.82) is 0 Å². The topological polar surface area (TPSA) is 98.5 Å². The van der Waals surface area contributed by atoms with E-state index in [4.69, 9.17) is 5.11 Å². The zero-order valence-electron chi connectivity index (χ0n) is 11.1. The van der Waals surface area contributed by atoms with Crippen LogP contribution in [0, 0.1) is 0 Å². The number of thioether (sulfide) groups is 1. The second kappa shape index (κ2) is 6.40. The number of para-hydroxylation sites is 1. The Kier molecular flexibility index (Phi) is 4.59. The van der Waals surface area contributed by atoms with Gasteiger partial charge in [-0.2, -0.15) is 0 Å². The number of fused-ring (bicyclic) bond motifs is 1. The van der Waals surface area contributed by atoms with Gasteiger partial charge in [0.2, 0.25) is 0 Å². The van der Waals surface area contributed by atoms with Crippen molar-refractivity contribution in [1.82, 2.24) is 9.55 Å². The predicted octanol–water partition coefficient (Wildman–Crippen LogP) is 0.746. The van der Waals surface area contributed by atoms with E-state index >= 15 is 0 Å². The summed E-state index contributed by atoms with van der Waals surface area (Å²) in [6.45, 7) is -0.310. The zero-order valence-corrected chi connectivity index (χ0v) is 11.9. The third-order valence-electron chi connectivity index (χ3n) is 2.67. The highest BCUT2D eigenvalue weighted by atomic mass is 32.2. The summed E-state index contributed by atoms with van der Waals surface area (Å²) in [5, 5.41) is 9.28. The van der Waals surface area contributed by atoms with Crippen LogP contribution in [0.4, 0.5) is 0 Å².